The fourth-order valence-electron chi connectivity index (χ4n) is 1.68. The molecule has 0 aliphatic rings. The minimum Gasteiger partial charge on any atom is -0.428 e. The molecule has 0 saturated carbocycles. The van der Waals surface area contributed by atoms with E-state index in [1.54, 1.807) is 0 Å². The first-order valence-corrected chi connectivity index (χ1v) is 9.20. The van der Waals surface area contributed by atoms with Crippen molar-refractivity contribution in [3.63, 3.8) is 0 Å². The van der Waals surface area contributed by atoms with E-state index in [0.29, 0.717) is 10.6 Å². The lowest BCUT2D eigenvalue weighted by Crippen LogP contribution is -2.12. The second-order valence-corrected chi connectivity index (χ2v) is 7.51. The van der Waals surface area contributed by atoms with E-state index in [0.717, 1.165) is 17.6 Å². The summed E-state index contributed by atoms with van der Waals surface area (Å²) < 4.78 is 29.4. The van der Waals surface area contributed by atoms with Crippen LogP contribution in [0.15, 0.2) is 29.6 Å². The quantitative estimate of drug-likeness (QED) is 0.756. The number of carbonyl (C=O) groups is 2. The molecule has 1 amide bonds. The maximum absolute atomic E-state index is 12.1. The van der Waals surface area contributed by atoms with E-state index in [9.17, 15) is 18.0 Å². The van der Waals surface area contributed by atoms with Crippen molar-refractivity contribution in [2.45, 2.75) is 0 Å². The predicted molar refractivity (Wildman–Crippen MR) is 88.9 cm³/mol. The first-order chi connectivity index (χ1) is 10.8. The molecule has 0 unspecified atom stereocenters. The third kappa shape index (κ3) is 5.23. The summed E-state index contributed by atoms with van der Waals surface area (Å²) in [6.45, 7) is 0.268. The number of hydrogen-bond acceptors (Lipinski definition) is 6. The molecule has 1 heterocycles. The number of hydrogen-bond donors (Lipinski definition) is 2. The average molecular weight is 375 g/mol. The van der Waals surface area contributed by atoms with E-state index in [4.69, 9.17) is 11.6 Å². The number of nitrogens with one attached hydrogen (secondary N) is 2. The van der Waals surface area contributed by atoms with Crippen LogP contribution in [0.2, 0.25) is 5.02 Å². The van der Waals surface area contributed by atoms with E-state index in [-0.39, 0.29) is 22.9 Å². The second-order valence-electron chi connectivity index (χ2n) is 4.42. The topological polar surface area (TPSA) is 102 Å². The molecular formula is C13H11ClN2O5S2. The van der Waals surface area contributed by atoms with Crippen LogP contribution in [0.4, 0.5) is 11.4 Å². The molecule has 10 heteroatoms. The normalized spacial score (nSPS) is 10.9. The molecule has 0 atom stereocenters. The van der Waals surface area contributed by atoms with Gasteiger partial charge in [0.1, 0.15) is 5.75 Å². The van der Waals surface area contributed by atoms with Gasteiger partial charge in [0.05, 0.1) is 16.8 Å². The Bertz CT molecular complexity index is 848. The van der Waals surface area contributed by atoms with Gasteiger partial charge < -0.3 is 10.1 Å². The molecule has 2 rings (SSSR count). The van der Waals surface area contributed by atoms with Gasteiger partial charge in [-0.25, -0.2) is 8.42 Å². The number of anilines is 2. The Morgan fingerprint density at radius 3 is 2.61 bits per heavy atom. The molecule has 0 fully saturated rings. The van der Waals surface area contributed by atoms with Gasteiger partial charge in [-0.2, -0.15) is 0 Å². The average Bonchev–Trinajstić information content (AvgIpc) is 2.85. The molecule has 0 aliphatic carbocycles. The van der Waals surface area contributed by atoms with Gasteiger partial charge in [-0.05, 0) is 18.2 Å². The highest BCUT2D eigenvalue weighted by Gasteiger charge is 2.12. The zero-order chi connectivity index (χ0) is 17.0. The molecule has 2 aromatic rings. The molecule has 1 aromatic heterocycles. The molecule has 0 bridgehead atoms. The minimum absolute atomic E-state index is 0.228. The van der Waals surface area contributed by atoms with Gasteiger partial charge in [-0.15, -0.1) is 11.3 Å². The van der Waals surface area contributed by atoms with Crippen molar-refractivity contribution in [1.82, 2.24) is 0 Å². The van der Waals surface area contributed by atoms with Crippen LogP contribution in [-0.4, -0.2) is 27.1 Å². The summed E-state index contributed by atoms with van der Waals surface area (Å²) in [5.41, 5.74) is 0.548. The zero-order valence-electron chi connectivity index (χ0n) is 11.7. The molecule has 0 aliphatic heterocycles. The van der Waals surface area contributed by atoms with Crippen LogP contribution in [0.25, 0.3) is 0 Å². The lowest BCUT2D eigenvalue weighted by molar-refractivity contribution is -0.120. The van der Waals surface area contributed by atoms with Crippen LogP contribution in [0, 0.1) is 0 Å². The number of halogens is 1. The third-order valence-electron chi connectivity index (χ3n) is 2.44. The molecule has 0 radical (unpaired) electrons. The van der Waals surface area contributed by atoms with Gasteiger partial charge in [-0.3, -0.25) is 14.3 Å². The zero-order valence-corrected chi connectivity index (χ0v) is 14.1. The Balaban J connectivity index is 2.18. The monoisotopic (exact) mass is 374 g/mol. The van der Waals surface area contributed by atoms with E-state index in [2.05, 4.69) is 14.8 Å². The Morgan fingerprint density at radius 1 is 1.26 bits per heavy atom. The number of sulfonamides is 1. The van der Waals surface area contributed by atoms with Gasteiger partial charge in [0.2, 0.25) is 10.0 Å². The van der Waals surface area contributed by atoms with E-state index in [1.165, 1.54) is 29.6 Å². The number of thiophene rings is 1. The summed E-state index contributed by atoms with van der Waals surface area (Å²) in [5.74, 6) is -0.177. The SMILES string of the molecule is CS(=O)(=O)Nc1cc(Cl)cc(NC(=O)c2cc(OC=O)cs2)c1. The highest BCUT2D eigenvalue weighted by atomic mass is 35.5. The maximum Gasteiger partial charge on any atom is 0.298 e. The van der Waals surface area contributed by atoms with Gasteiger partial charge in [0.15, 0.2) is 0 Å². The third-order valence-corrected chi connectivity index (χ3v) is 4.17. The maximum atomic E-state index is 12.1. The fraction of sp³-hybridized carbons (Fsp3) is 0.0769. The van der Waals surface area contributed by atoms with Crippen LogP contribution < -0.4 is 14.8 Å². The van der Waals surface area contributed by atoms with Crippen LogP contribution in [-0.2, 0) is 14.8 Å². The molecule has 0 spiro atoms. The van der Waals surface area contributed by atoms with E-state index < -0.39 is 15.9 Å². The highest BCUT2D eigenvalue weighted by Crippen LogP contribution is 2.26. The number of rotatable bonds is 6. The van der Waals surface area contributed by atoms with Crippen molar-refractivity contribution >= 4 is 56.7 Å². The Hall–Kier alpha value is -2.10. The lowest BCUT2D eigenvalue weighted by Gasteiger charge is -2.09. The summed E-state index contributed by atoms with van der Waals surface area (Å²) in [6.07, 6.45) is 1.01. The van der Waals surface area contributed by atoms with Crippen LogP contribution in [0.5, 0.6) is 5.75 Å². The minimum atomic E-state index is -3.46. The van der Waals surface area contributed by atoms with Crippen molar-refractivity contribution in [3.05, 3.63) is 39.5 Å². The molecule has 2 N–H and O–H groups in total. The summed E-state index contributed by atoms with van der Waals surface area (Å²) in [7, 11) is -3.46. The molecule has 23 heavy (non-hydrogen) atoms. The number of carbonyl (C=O) groups excluding carboxylic acids is 2. The van der Waals surface area contributed by atoms with Crippen molar-refractivity contribution < 1.29 is 22.7 Å². The van der Waals surface area contributed by atoms with Crippen LogP contribution in [0.3, 0.4) is 0 Å². The fourth-order valence-corrected chi connectivity index (χ4v) is 3.17. The molecule has 7 nitrogen and oxygen atoms in total. The molecule has 0 saturated heterocycles. The van der Waals surface area contributed by atoms with Crippen molar-refractivity contribution in [2.24, 2.45) is 0 Å². The number of amides is 1. The van der Waals surface area contributed by atoms with Gasteiger partial charge in [0, 0.05) is 22.2 Å². The van der Waals surface area contributed by atoms with E-state index >= 15 is 0 Å². The Labute approximate surface area is 141 Å². The summed E-state index contributed by atoms with van der Waals surface area (Å²) >= 11 is 7.01. The van der Waals surface area contributed by atoms with Gasteiger partial charge in [0.25, 0.3) is 12.4 Å². The lowest BCUT2D eigenvalue weighted by atomic mass is 10.2. The summed E-state index contributed by atoms with van der Waals surface area (Å²) in [4.78, 5) is 22.7. The first-order valence-electron chi connectivity index (χ1n) is 6.05. The summed E-state index contributed by atoms with van der Waals surface area (Å²) in [6, 6.07) is 5.73. The first kappa shape index (κ1) is 17.3. The summed E-state index contributed by atoms with van der Waals surface area (Å²) in [5, 5.41) is 4.36. The van der Waals surface area contributed by atoms with Crippen LogP contribution in [0.1, 0.15) is 9.67 Å². The predicted octanol–water partition coefficient (Wildman–Crippen LogP) is 2.56. The standard InChI is InChI=1S/C13H11ClN2O5S2/c1-23(19,20)16-10-3-8(14)2-9(4-10)15-13(18)12-5-11(6-22-12)21-7-17/h2-7,16H,1H3,(H,15,18). The molecule has 1 aromatic carbocycles. The highest BCUT2D eigenvalue weighted by molar-refractivity contribution is 7.92. The van der Waals surface area contributed by atoms with Crippen molar-refractivity contribution in [3.8, 4) is 5.75 Å². The van der Waals surface area contributed by atoms with Gasteiger partial charge >= 0.3 is 0 Å². The Kier molecular flexibility index (Phi) is 5.24. The molecule has 122 valence electrons. The smallest absolute Gasteiger partial charge is 0.298 e. The Morgan fingerprint density at radius 2 is 1.96 bits per heavy atom. The second kappa shape index (κ2) is 6.99. The van der Waals surface area contributed by atoms with Gasteiger partial charge in [-0.1, -0.05) is 11.6 Å². The number of benzene rings is 1. The van der Waals surface area contributed by atoms with Crippen LogP contribution >= 0.6 is 22.9 Å². The molecular weight excluding hydrogens is 364 g/mol. The van der Waals surface area contributed by atoms with E-state index in [1.807, 2.05) is 0 Å². The van der Waals surface area contributed by atoms with Crippen molar-refractivity contribution in [1.29, 1.82) is 0 Å². The number of ether oxygens (including phenoxy) is 1. The van der Waals surface area contributed by atoms with Crippen molar-refractivity contribution in [2.75, 3.05) is 16.3 Å². The largest absolute Gasteiger partial charge is 0.428 e.